The van der Waals surface area contributed by atoms with Crippen molar-refractivity contribution in [2.24, 2.45) is 0 Å². The lowest BCUT2D eigenvalue weighted by Crippen LogP contribution is -2.52. The molecule has 0 bridgehead atoms. The third-order valence-electron chi connectivity index (χ3n) is 4.64. The molecular formula is C23H35N3O4. The topological polar surface area (TPSA) is 82.9 Å². The van der Waals surface area contributed by atoms with Crippen LogP contribution >= 0.6 is 0 Å². The number of carbonyl (C=O) groups is 2. The van der Waals surface area contributed by atoms with Gasteiger partial charge in [-0.25, -0.2) is 9.59 Å². The van der Waals surface area contributed by atoms with Gasteiger partial charge in [-0.05, 0) is 61.3 Å². The van der Waals surface area contributed by atoms with E-state index in [0.717, 1.165) is 5.56 Å². The number of aryl methyl sites for hydroxylation is 1. The van der Waals surface area contributed by atoms with Crippen LogP contribution in [0.5, 0.6) is 0 Å². The van der Waals surface area contributed by atoms with Crippen LogP contribution in [0.3, 0.4) is 0 Å². The molecule has 30 heavy (non-hydrogen) atoms. The molecule has 0 unspecified atom stereocenters. The van der Waals surface area contributed by atoms with E-state index in [1.54, 1.807) is 4.90 Å². The summed E-state index contributed by atoms with van der Waals surface area (Å²) in [6.45, 7) is 13.8. The Morgan fingerprint density at radius 1 is 0.967 bits per heavy atom. The minimum absolute atomic E-state index is 0.111. The predicted molar refractivity (Wildman–Crippen MR) is 117 cm³/mol. The number of carbonyl (C=O) groups excluding carboxylic acids is 2. The molecule has 1 saturated heterocycles. The van der Waals surface area contributed by atoms with Crippen molar-refractivity contribution in [3.63, 3.8) is 0 Å². The van der Waals surface area contributed by atoms with E-state index in [2.05, 4.69) is 0 Å². The van der Waals surface area contributed by atoms with E-state index in [-0.39, 0.29) is 18.0 Å². The highest BCUT2D eigenvalue weighted by Gasteiger charge is 2.36. The van der Waals surface area contributed by atoms with Gasteiger partial charge in [0.25, 0.3) is 0 Å². The van der Waals surface area contributed by atoms with Gasteiger partial charge in [0.1, 0.15) is 17.0 Å². The first-order chi connectivity index (χ1) is 13.8. The molecule has 1 N–H and O–H groups in total. The van der Waals surface area contributed by atoms with E-state index in [1.165, 1.54) is 4.90 Å². The molecule has 7 heteroatoms. The molecule has 0 spiro atoms. The maximum Gasteiger partial charge on any atom is 0.416 e. The molecule has 1 fully saturated rings. The molecular weight excluding hydrogens is 382 g/mol. The van der Waals surface area contributed by atoms with E-state index >= 15 is 0 Å². The molecule has 1 aromatic carbocycles. The molecule has 0 saturated carbocycles. The van der Waals surface area contributed by atoms with Crippen molar-refractivity contribution >= 4 is 18.0 Å². The lowest BCUT2D eigenvalue weighted by molar-refractivity contribution is 0.0115. The van der Waals surface area contributed by atoms with Gasteiger partial charge in [-0.3, -0.25) is 10.3 Å². The second-order valence-electron chi connectivity index (χ2n) is 9.76. The van der Waals surface area contributed by atoms with Crippen LogP contribution in [0.1, 0.15) is 65.5 Å². The molecule has 1 aromatic rings. The number of hydrogen-bond acceptors (Lipinski definition) is 5. The average molecular weight is 418 g/mol. The molecule has 2 rings (SSSR count). The Morgan fingerprint density at radius 3 is 1.93 bits per heavy atom. The van der Waals surface area contributed by atoms with Crippen LogP contribution < -0.4 is 0 Å². The summed E-state index contributed by atoms with van der Waals surface area (Å²) in [7, 11) is 0. The maximum atomic E-state index is 13.0. The normalized spacial score (nSPS) is 15.5. The lowest BCUT2D eigenvalue weighted by Gasteiger charge is -2.39. The van der Waals surface area contributed by atoms with Gasteiger partial charge in [-0.2, -0.15) is 0 Å². The first-order valence-corrected chi connectivity index (χ1v) is 10.4. The minimum atomic E-state index is -0.667. The first-order valence-electron chi connectivity index (χ1n) is 10.4. The number of amides is 2. The lowest BCUT2D eigenvalue weighted by atomic mass is 10.0. The van der Waals surface area contributed by atoms with Crippen LogP contribution in [0, 0.1) is 12.3 Å². The molecule has 166 valence electrons. The Balaban J connectivity index is 2.17. The van der Waals surface area contributed by atoms with E-state index in [9.17, 15) is 9.59 Å². The third-order valence-corrected chi connectivity index (χ3v) is 4.64. The van der Waals surface area contributed by atoms with E-state index in [0.29, 0.717) is 31.5 Å². The first kappa shape index (κ1) is 23.7. The minimum Gasteiger partial charge on any atom is -0.444 e. The summed E-state index contributed by atoms with van der Waals surface area (Å²) in [6, 6.07) is 7.28. The van der Waals surface area contributed by atoms with Gasteiger partial charge in [0.05, 0.1) is 0 Å². The van der Waals surface area contributed by atoms with Crippen molar-refractivity contribution in [2.45, 2.75) is 78.6 Å². The van der Waals surface area contributed by atoms with Gasteiger partial charge < -0.3 is 14.4 Å². The number of nitrogens with zero attached hydrogens (tertiary/aromatic N) is 2. The largest absolute Gasteiger partial charge is 0.444 e. The Bertz CT molecular complexity index is 767. The van der Waals surface area contributed by atoms with Crippen LogP contribution in [-0.4, -0.2) is 58.2 Å². The second kappa shape index (κ2) is 9.06. The molecule has 1 aliphatic heterocycles. The molecule has 2 amide bonds. The summed E-state index contributed by atoms with van der Waals surface area (Å²) in [6.07, 6.45) is 0.210. The van der Waals surface area contributed by atoms with Crippen LogP contribution in [-0.2, 0) is 9.47 Å². The van der Waals surface area contributed by atoms with E-state index < -0.39 is 17.3 Å². The van der Waals surface area contributed by atoms with E-state index in [1.807, 2.05) is 72.7 Å². The van der Waals surface area contributed by atoms with Crippen LogP contribution in [0.15, 0.2) is 24.3 Å². The summed E-state index contributed by atoms with van der Waals surface area (Å²) in [5, 5.41) is 8.70. The third kappa shape index (κ3) is 6.75. The number of ether oxygens (including phenoxy) is 2. The molecule has 1 aliphatic rings. The van der Waals surface area contributed by atoms with Crippen LogP contribution in [0.4, 0.5) is 9.59 Å². The molecule has 0 atom stereocenters. The number of hydrogen-bond donors (Lipinski definition) is 1. The summed E-state index contributed by atoms with van der Waals surface area (Å²) >= 11 is 0. The Labute approximate surface area is 179 Å². The summed E-state index contributed by atoms with van der Waals surface area (Å²) < 4.78 is 11.1. The predicted octanol–water partition coefficient (Wildman–Crippen LogP) is 4.96. The summed E-state index contributed by atoms with van der Waals surface area (Å²) in [4.78, 5) is 28.4. The van der Waals surface area contributed by atoms with E-state index in [4.69, 9.17) is 14.9 Å². The van der Waals surface area contributed by atoms with Crippen molar-refractivity contribution in [2.75, 3.05) is 13.1 Å². The summed E-state index contributed by atoms with van der Waals surface area (Å²) in [5.41, 5.74) is 0.520. The molecule has 1 heterocycles. The quantitative estimate of drug-likeness (QED) is 0.545. The average Bonchev–Trinajstić information content (AvgIpc) is 2.60. The maximum absolute atomic E-state index is 13.0. The standard InChI is InChI=1S/C23H35N3O4/c1-16-8-10-17(11-9-16)19(24)26(21(28)30-23(5,6)7)18-12-14-25(15-13-18)20(27)29-22(2,3)4/h8-11,18,24H,12-15H2,1-7H3. The Kier molecular flexibility index (Phi) is 7.16. The molecule has 0 aliphatic carbocycles. The SMILES string of the molecule is Cc1ccc(C(=N)N(C(=O)OC(C)(C)C)C2CCN(C(=O)OC(C)(C)C)CC2)cc1. The van der Waals surface area contributed by atoms with Gasteiger partial charge in [-0.15, -0.1) is 0 Å². The van der Waals surface area contributed by atoms with Gasteiger partial charge in [-0.1, -0.05) is 29.8 Å². The number of benzene rings is 1. The number of piperidine rings is 1. The number of nitrogens with one attached hydrogen (secondary N) is 1. The Morgan fingerprint density at radius 2 is 1.47 bits per heavy atom. The number of amidine groups is 1. The zero-order valence-electron chi connectivity index (χ0n) is 19.2. The van der Waals surface area contributed by atoms with Crippen LogP contribution in [0.2, 0.25) is 0 Å². The van der Waals surface area contributed by atoms with Crippen molar-refractivity contribution in [1.82, 2.24) is 9.80 Å². The molecule has 7 nitrogen and oxygen atoms in total. The van der Waals surface area contributed by atoms with Crippen molar-refractivity contribution in [1.29, 1.82) is 5.41 Å². The highest BCUT2D eigenvalue weighted by molar-refractivity contribution is 6.05. The highest BCUT2D eigenvalue weighted by atomic mass is 16.6. The Hall–Kier alpha value is -2.57. The molecule has 0 radical (unpaired) electrons. The van der Waals surface area contributed by atoms with Gasteiger partial charge in [0.15, 0.2) is 0 Å². The van der Waals surface area contributed by atoms with Crippen molar-refractivity contribution in [3.8, 4) is 0 Å². The zero-order valence-corrected chi connectivity index (χ0v) is 19.2. The zero-order chi connectivity index (χ0) is 22.7. The summed E-state index contributed by atoms with van der Waals surface area (Å²) in [5.74, 6) is 0.111. The fourth-order valence-electron chi connectivity index (χ4n) is 3.22. The highest BCUT2D eigenvalue weighted by Crippen LogP contribution is 2.23. The number of rotatable bonds is 2. The molecule has 0 aromatic heterocycles. The van der Waals surface area contributed by atoms with Crippen LogP contribution in [0.25, 0.3) is 0 Å². The van der Waals surface area contributed by atoms with Crippen molar-refractivity contribution < 1.29 is 19.1 Å². The second-order valence-corrected chi connectivity index (χ2v) is 9.76. The van der Waals surface area contributed by atoms with Gasteiger partial charge >= 0.3 is 12.2 Å². The number of likely N-dealkylation sites (tertiary alicyclic amines) is 1. The monoisotopic (exact) mass is 417 g/mol. The van der Waals surface area contributed by atoms with Gasteiger partial charge in [0, 0.05) is 24.7 Å². The fraction of sp³-hybridized carbons (Fsp3) is 0.609. The smallest absolute Gasteiger partial charge is 0.416 e. The van der Waals surface area contributed by atoms with Crippen molar-refractivity contribution in [3.05, 3.63) is 35.4 Å². The van der Waals surface area contributed by atoms with Gasteiger partial charge in [0.2, 0.25) is 0 Å². The fourth-order valence-corrected chi connectivity index (χ4v) is 3.22.